The van der Waals surface area contributed by atoms with Crippen LogP contribution in [0.1, 0.15) is 87.6 Å². The summed E-state index contributed by atoms with van der Waals surface area (Å²) in [6.45, 7) is 10.1. The number of carbonyl (C=O) groups excluding carboxylic acids is 2. The van der Waals surface area contributed by atoms with E-state index >= 15 is 0 Å². The van der Waals surface area contributed by atoms with Gasteiger partial charge in [-0.15, -0.1) is 10.2 Å². The summed E-state index contributed by atoms with van der Waals surface area (Å²) in [5, 5.41) is 15.8. The molecule has 1 N–H and O–H groups in total. The maximum atomic E-state index is 13.7. The first kappa shape index (κ1) is 27.8. The van der Waals surface area contributed by atoms with Crippen LogP contribution in [0.3, 0.4) is 0 Å². The Labute approximate surface area is 244 Å². The molecule has 0 atom stereocenters. The molecule has 4 aromatic heterocycles. The Morgan fingerprint density at radius 3 is 2.60 bits per heavy atom. The van der Waals surface area contributed by atoms with Gasteiger partial charge < -0.3 is 14.6 Å². The number of aromatic nitrogens is 7. The molecule has 0 spiro atoms. The minimum absolute atomic E-state index is 0.275. The number of amides is 2. The first-order chi connectivity index (χ1) is 19.9. The predicted molar refractivity (Wildman–Crippen MR) is 155 cm³/mol. The summed E-state index contributed by atoms with van der Waals surface area (Å²) in [5.74, 6) is 1.09. The highest BCUT2D eigenvalue weighted by atomic mass is 16.6. The molecule has 220 valence electrons. The molecular formula is C30H37N9O3. The Kier molecular flexibility index (Phi) is 6.54. The SMILES string of the molecule is CC1CC(c2cncc(NC(=O)c3cc(CN(C(=O)OC(C)(C)C)C4(C)CC4)cn4ncnc34)c2)(c2nncn2C)C1. The van der Waals surface area contributed by atoms with Crippen LogP contribution < -0.4 is 5.32 Å². The average Bonchev–Trinajstić information content (AvgIpc) is 3.26. The van der Waals surface area contributed by atoms with E-state index in [4.69, 9.17) is 4.74 Å². The third kappa shape index (κ3) is 5.10. The molecule has 0 bridgehead atoms. The first-order valence-corrected chi connectivity index (χ1v) is 14.3. The quantitative estimate of drug-likeness (QED) is 0.343. The van der Waals surface area contributed by atoms with Crippen LogP contribution in [0, 0.1) is 5.92 Å². The van der Waals surface area contributed by atoms with E-state index in [9.17, 15) is 9.59 Å². The highest BCUT2D eigenvalue weighted by molar-refractivity contribution is 6.08. The Morgan fingerprint density at radius 1 is 1.19 bits per heavy atom. The zero-order valence-corrected chi connectivity index (χ0v) is 25.0. The Bertz CT molecular complexity index is 1660. The summed E-state index contributed by atoms with van der Waals surface area (Å²) in [7, 11) is 1.95. The zero-order valence-electron chi connectivity index (χ0n) is 25.0. The molecule has 0 aromatic carbocycles. The number of hydrogen-bond donors (Lipinski definition) is 1. The number of fused-ring (bicyclic) bond motifs is 1. The largest absolute Gasteiger partial charge is 0.444 e. The minimum atomic E-state index is -0.618. The number of pyridine rings is 2. The molecule has 2 amide bonds. The second-order valence-electron chi connectivity index (χ2n) is 13.1. The molecule has 0 radical (unpaired) electrons. The second kappa shape index (κ2) is 9.88. The Balaban J connectivity index is 1.28. The van der Waals surface area contributed by atoms with Gasteiger partial charge in [-0.05, 0) is 82.6 Å². The molecule has 0 saturated heterocycles. The molecule has 4 aromatic rings. The topological polar surface area (TPSA) is 132 Å². The summed E-state index contributed by atoms with van der Waals surface area (Å²) >= 11 is 0. The van der Waals surface area contributed by atoms with Gasteiger partial charge in [0.05, 0.1) is 29.4 Å². The summed E-state index contributed by atoms with van der Waals surface area (Å²) in [6.07, 6.45) is 11.7. The molecule has 12 heteroatoms. The summed E-state index contributed by atoms with van der Waals surface area (Å²) in [6, 6.07) is 3.74. The summed E-state index contributed by atoms with van der Waals surface area (Å²) in [5.41, 5.74) is 1.87. The zero-order chi connectivity index (χ0) is 29.9. The number of aryl methyl sites for hydroxylation is 1. The van der Waals surface area contributed by atoms with Crippen molar-refractivity contribution in [2.75, 3.05) is 5.32 Å². The van der Waals surface area contributed by atoms with Gasteiger partial charge in [-0.1, -0.05) is 6.92 Å². The third-order valence-corrected chi connectivity index (χ3v) is 8.34. The fraction of sp³-hybridized carbons (Fsp3) is 0.500. The van der Waals surface area contributed by atoms with Crippen LogP contribution in [-0.2, 0) is 23.7 Å². The number of ether oxygens (including phenoxy) is 1. The van der Waals surface area contributed by atoms with E-state index < -0.39 is 5.60 Å². The van der Waals surface area contributed by atoms with E-state index in [1.807, 2.05) is 44.6 Å². The minimum Gasteiger partial charge on any atom is -0.444 e. The van der Waals surface area contributed by atoms with E-state index in [1.54, 1.807) is 34.2 Å². The van der Waals surface area contributed by atoms with Crippen molar-refractivity contribution in [2.45, 2.75) is 83.4 Å². The molecule has 12 nitrogen and oxygen atoms in total. The van der Waals surface area contributed by atoms with Crippen molar-refractivity contribution in [3.8, 4) is 0 Å². The van der Waals surface area contributed by atoms with Gasteiger partial charge in [0, 0.05) is 25.0 Å². The lowest BCUT2D eigenvalue weighted by molar-refractivity contribution is 0.0126. The molecule has 6 rings (SSSR count). The van der Waals surface area contributed by atoms with E-state index in [0.29, 0.717) is 22.8 Å². The number of nitrogens with one attached hydrogen (secondary N) is 1. The van der Waals surface area contributed by atoms with Crippen molar-refractivity contribution in [3.63, 3.8) is 0 Å². The average molecular weight is 572 g/mol. The van der Waals surface area contributed by atoms with Crippen molar-refractivity contribution in [3.05, 3.63) is 65.9 Å². The molecule has 2 aliphatic rings. The molecule has 2 fully saturated rings. The monoisotopic (exact) mass is 571 g/mol. The first-order valence-electron chi connectivity index (χ1n) is 14.3. The summed E-state index contributed by atoms with van der Waals surface area (Å²) in [4.78, 5) is 37.4. The number of anilines is 1. The van der Waals surface area contributed by atoms with Crippen LogP contribution in [0.2, 0.25) is 0 Å². The highest BCUT2D eigenvalue weighted by Gasteiger charge is 2.49. The van der Waals surface area contributed by atoms with Gasteiger partial charge in [-0.3, -0.25) is 14.7 Å². The third-order valence-electron chi connectivity index (χ3n) is 8.34. The normalized spacial score (nSPS) is 21.0. The van der Waals surface area contributed by atoms with Crippen molar-refractivity contribution in [1.29, 1.82) is 0 Å². The lowest BCUT2D eigenvalue weighted by atomic mass is 9.59. The van der Waals surface area contributed by atoms with Crippen molar-refractivity contribution in [2.24, 2.45) is 13.0 Å². The van der Waals surface area contributed by atoms with Crippen LogP contribution in [0.15, 0.2) is 43.4 Å². The maximum absolute atomic E-state index is 13.7. The van der Waals surface area contributed by atoms with Gasteiger partial charge in [0.15, 0.2) is 5.65 Å². The summed E-state index contributed by atoms with van der Waals surface area (Å²) < 4.78 is 9.24. The van der Waals surface area contributed by atoms with Crippen LogP contribution in [0.25, 0.3) is 5.65 Å². The van der Waals surface area contributed by atoms with Gasteiger partial charge in [0.2, 0.25) is 0 Å². The van der Waals surface area contributed by atoms with Crippen LogP contribution >= 0.6 is 0 Å². The number of nitrogens with zero attached hydrogens (tertiary/aromatic N) is 8. The standard InChI is InChI=1S/C30H37N9O3/c1-19-11-30(12-19,26-36-33-18-37(26)6)21-10-22(14-31-13-21)35-25(40)23-9-20(16-39-24(23)32-17-34-39)15-38(29(5)7-8-29)27(41)42-28(2,3)4/h9-10,13-14,16-19H,7-8,11-12,15H2,1-6H3,(H,35,40). The van der Waals surface area contributed by atoms with E-state index in [2.05, 4.69) is 44.4 Å². The van der Waals surface area contributed by atoms with Crippen molar-refractivity contribution < 1.29 is 14.3 Å². The molecule has 42 heavy (non-hydrogen) atoms. The molecule has 0 unspecified atom stereocenters. The molecular weight excluding hydrogens is 534 g/mol. The fourth-order valence-electron chi connectivity index (χ4n) is 6.02. The molecule has 4 heterocycles. The van der Waals surface area contributed by atoms with Gasteiger partial charge in [-0.2, -0.15) is 5.10 Å². The van der Waals surface area contributed by atoms with Crippen molar-refractivity contribution >= 4 is 23.3 Å². The number of carbonyl (C=O) groups is 2. The van der Waals surface area contributed by atoms with Crippen LogP contribution in [0.5, 0.6) is 0 Å². The van der Waals surface area contributed by atoms with Crippen molar-refractivity contribution in [1.82, 2.24) is 39.2 Å². The Morgan fingerprint density at radius 2 is 1.95 bits per heavy atom. The van der Waals surface area contributed by atoms with Gasteiger partial charge in [0.1, 0.15) is 24.1 Å². The maximum Gasteiger partial charge on any atom is 0.411 e. The Hall–Kier alpha value is -4.35. The predicted octanol–water partition coefficient (Wildman–Crippen LogP) is 4.51. The van der Waals surface area contributed by atoms with Gasteiger partial charge in [-0.25, -0.2) is 14.3 Å². The van der Waals surface area contributed by atoms with Crippen LogP contribution in [-0.4, -0.2) is 62.4 Å². The highest BCUT2D eigenvalue weighted by Crippen LogP contribution is 2.51. The lowest BCUT2D eigenvalue weighted by Crippen LogP contribution is -2.43. The smallest absolute Gasteiger partial charge is 0.411 e. The second-order valence-corrected chi connectivity index (χ2v) is 13.1. The van der Waals surface area contributed by atoms with E-state index in [1.165, 1.54) is 6.33 Å². The number of rotatable bonds is 7. The van der Waals surface area contributed by atoms with Gasteiger partial charge in [0.25, 0.3) is 5.91 Å². The van der Waals surface area contributed by atoms with Gasteiger partial charge >= 0.3 is 6.09 Å². The van der Waals surface area contributed by atoms with Crippen LogP contribution in [0.4, 0.5) is 10.5 Å². The fourth-order valence-corrected chi connectivity index (χ4v) is 6.02. The molecule has 2 aliphatic carbocycles. The molecule has 0 aliphatic heterocycles. The lowest BCUT2D eigenvalue weighted by Gasteiger charge is -2.45. The molecule has 2 saturated carbocycles. The van der Waals surface area contributed by atoms with E-state index in [-0.39, 0.29) is 29.5 Å². The van der Waals surface area contributed by atoms with E-state index in [0.717, 1.165) is 42.6 Å². The number of hydrogen-bond acceptors (Lipinski definition) is 8.